The molecule has 0 spiro atoms. The number of rotatable bonds is 9. The number of carbonyl (C=O) groups is 2. The van der Waals surface area contributed by atoms with E-state index < -0.39 is 18.2 Å². The zero-order chi connectivity index (χ0) is 16.4. The van der Waals surface area contributed by atoms with E-state index in [0.29, 0.717) is 12.0 Å². The zero-order valence-corrected chi connectivity index (χ0v) is 13.0. The lowest BCUT2D eigenvalue weighted by Crippen LogP contribution is -2.23. The van der Waals surface area contributed by atoms with Crippen LogP contribution in [0.5, 0.6) is 0 Å². The van der Waals surface area contributed by atoms with E-state index in [4.69, 9.17) is 14.5 Å². The Balaban J connectivity index is 2.53. The minimum Gasteiger partial charge on any atom is -0.428 e. The van der Waals surface area contributed by atoms with Crippen LogP contribution in [0.4, 0.5) is 0 Å². The summed E-state index contributed by atoms with van der Waals surface area (Å²) in [5, 5.41) is 0. The van der Waals surface area contributed by atoms with Gasteiger partial charge in [0, 0.05) is 12.0 Å². The number of carbonyl (C=O) groups excluding carboxylic acids is 2. The summed E-state index contributed by atoms with van der Waals surface area (Å²) >= 11 is 0. The minimum absolute atomic E-state index is 0.262. The first kappa shape index (κ1) is 17.9. The summed E-state index contributed by atoms with van der Waals surface area (Å²) in [5.74, 6) is -1.20. The molecule has 0 aliphatic heterocycles. The van der Waals surface area contributed by atoms with Gasteiger partial charge in [-0.2, -0.15) is 0 Å². The van der Waals surface area contributed by atoms with Gasteiger partial charge in [0.15, 0.2) is 0 Å². The Bertz CT molecular complexity index is 495. The molecule has 0 heterocycles. The van der Waals surface area contributed by atoms with Gasteiger partial charge in [-0.25, -0.2) is 9.59 Å². The van der Waals surface area contributed by atoms with E-state index >= 15 is 0 Å². The maximum absolute atomic E-state index is 11.8. The Morgan fingerprint density at radius 3 is 2.45 bits per heavy atom. The summed E-state index contributed by atoms with van der Waals surface area (Å²) in [6, 6.07) is 8.45. The van der Waals surface area contributed by atoms with Crippen molar-refractivity contribution in [3.8, 4) is 0 Å². The monoisotopic (exact) mass is 306 g/mol. The van der Waals surface area contributed by atoms with Crippen molar-refractivity contribution in [1.29, 1.82) is 0 Å². The molecule has 5 heteroatoms. The molecule has 1 atom stereocenters. The fourth-order valence-corrected chi connectivity index (χ4v) is 1.63. The van der Waals surface area contributed by atoms with Gasteiger partial charge in [0.1, 0.15) is 0 Å². The second kappa shape index (κ2) is 9.73. The molecule has 0 bridgehead atoms. The van der Waals surface area contributed by atoms with Crippen molar-refractivity contribution in [3.63, 3.8) is 0 Å². The highest BCUT2D eigenvalue weighted by atomic mass is 17.2. The van der Waals surface area contributed by atoms with Crippen LogP contribution < -0.4 is 0 Å². The highest BCUT2D eigenvalue weighted by molar-refractivity contribution is 5.89. The van der Waals surface area contributed by atoms with E-state index in [1.165, 1.54) is 0 Å². The lowest BCUT2D eigenvalue weighted by atomic mass is 10.2. The normalized spacial score (nSPS) is 11.5. The van der Waals surface area contributed by atoms with Gasteiger partial charge < -0.3 is 4.74 Å². The first-order valence-electron chi connectivity index (χ1n) is 7.33. The second-order valence-electron chi connectivity index (χ2n) is 4.94. The number of ether oxygens (including phenoxy) is 1. The summed E-state index contributed by atoms with van der Waals surface area (Å²) in [5.41, 5.74) is 0.625. The number of hydrogen-bond acceptors (Lipinski definition) is 5. The van der Waals surface area contributed by atoms with Gasteiger partial charge in [-0.3, -0.25) is 4.89 Å². The van der Waals surface area contributed by atoms with Crippen molar-refractivity contribution in [2.24, 2.45) is 0 Å². The molecular formula is C17H22O5. The summed E-state index contributed by atoms with van der Waals surface area (Å²) in [6.45, 7) is 7.11. The van der Waals surface area contributed by atoms with Gasteiger partial charge in [-0.05, 0) is 25.5 Å². The van der Waals surface area contributed by atoms with Crippen molar-refractivity contribution in [2.75, 3.05) is 0 Å². The maximum Gasteiger partial charge on any atom is 0.373 e. The van der Waals surface area contributed by atoms with E-state index in [2.05, 4.69) is 13.5 Å². The van der Waals surface area contributed by atoms with E-state index in [9.17, 15) is 9.59 Å². The average Bonchev–Trinajstić information content (AvgIpc) is 2.52. The van der Waals surface area contributed by atoms with Crippen LogP contribution in [-0.2, 0) is 19.3 Å². The second-order valence-corrected chi connectivity index (χ2v) is 4.94. The molecule has 1 aromatic carbocycles. The molecule has 0 aliphatic carbocycles. The van der Waals surface area contributed by atoms with Crippen LogP contribution >= 0.6 is 0 Å². The standard InChI is InChI=1S/C17H22O5/c1-4-5-7-12-15(20-16(18)13(2)3)21-22-17(19)14-10-8-6-9-11-14/h6,8-11,15H,2,4-5,7,12H2,1,3H3. The van der Waals surface area contributed by atoms with Crippen LogP contribution in [0.15, 0.2) is 42.5 Å². The van der Waals surface area contributed by atoms with E-state index in [0.717, 1.165) is 19.3 Å². The average molecular weight is 306 g/mol. The fraction of sp³-hybridized carbons (Fsp3) is 0.412. The Morgan fingerprint density at radius 2 is 1.86 bits per heavy atom. The quantitative estimate of drug-likeness (QED) is 0.173. The van der Waals surface area contributed by atoms with Crippen LogP contribution in [0.2, 0.25) is 0 Å². The van der Waals surface area contributed by atoms with Crippen LogP contribution in [-0.4, -0.2) is 18.2 Å². The smallest absolute Gasteiger partial charge is 0.373 e. The molecule has 0 fully saturated rings. The molecule has 0 amide bonds. The van der Waals surface area contributed by atoms with Crippen molar-refractivity contribution in [3.05, 3.63) is 48.0 Å². The van der Waals surface area contributed by atoms with Gasteiger partial charge >= 0.3 is 11.9 Å². The highest BCUT2D eigenvalue weighted by Gasteiger charge is 2.19. The van der Waals surface area contributed by atoms with Gasteiger partial charge in [-0.1, -0.05) is 44.5 Å². The third-order valence-corrected chi connectivity index (χ3v) is 2.87. The zero-order valence-electron chi connectivity index (χ0n) is 13.0. The van der Waals surface area contributed by atoms with Gasteiger partial charge in [0.2, 0.25) is 6.29 Å². The van der Waals surface area contributed by atoms with Gasteiger partial charge in [-0.15, -0.1) is 4.89 Å². The molecule has 0 radical (unpaired) electrons. The van der Waals surface area contributed by atoms with Crippen LogP contribution in [0.3, 0.4) is 0 Å². The SMILES string of the molecule is C=C(C)C(=O)OC(CCCCC)OOC(=O)c1ccccc1. The Hall–Kier alpha value is -2.14. The first-order chi connectivity index (χ1) is 10.5. The molecule has 0 saturated carbocycles. The first-order valence-corrected chi connectivity index (χ1v) is 7.33. The summed E-state index contributed by atoms with van der Waals surface area (Å²) in [6.07, 6.45) is 2.31. The maximum atomic E-state index is 11.8. The van der Waals surface area contributed by atoms with Gasteiger partial charge in [0.25, 0.3) is 0 Å². The molecule has 1 unspecified atom stereocenters. The van der Waals surface area contributed by atoms with Gasteiger partial charge in [0.05, 0.1) is 5.56 Å². The molecule has 0 N–H and O–H groups in total. The Labute approximate surface area is 130 Å². The molecule has 0 saturated heterocycles. The molecule has 0 aliphatic rings. The van der Waals surface area contributed by atoms with Crippen molar-refractivity contribution in [2.45, 2.75) is 45.8 Å². The Kier molecular flexibility index (Phi) is 7.92. The van der Waals surface area contributed by atoms with E-state index in [1.807, 2.05) is 0 Å². The van der Waals surface area contributed by atoms with E-state index in [-0.39, 0.29) is 5.57 Å². The largest absolute Gasteiger partial charge is 0.428 e. The molecule has 0 aromatic heterocycles. The molecule has 1 aromatic rings. The lowest BCUT2D eigenvalue weighted by Gasteiger charge is -2.16. The number of hydrogen-bond donors (Lipinski definition) is 0. The number of unbranched alkanes of at least 4 members (excludes halogenated alkanes) is 2. The molecule has 22 heavy (non-hydrogen) atoms. The number of benzene rings is 1. The third-order valence-electron chi connectivity index (χ3n) is 2.87. The Morgan fingerprint density at radius 1 is 1.18 bits per heavy atom. The predicted molar refractivity (Wildman–Crippen MR) is 81.8 cm³/mol. The topological polar surface area (TPSA) is 61.8 Å². The third kappa shape index (κ3) is 6.54. The van der Waals surface area contributed by atoms with Crippen molar-refractivity contribution in [1.82, 2.24) is 0 Å². The predicted octanol–water partition coefficient (Wildman–Crippen LogP) is 3.80. The van der Waals surface area contributed by atoms with Crippen LogP contribution in [0, 0.1) is 0 Å². The molecular weight excluding hydrogens is 284 g/mol. The highest BCUT2D eigenvalue weighted by Crippen LogP contribution is 2.12. The number of esters is 1. The summed E-state index contributed by atoms with van der Waals surface area (Å²) in [4.78, 5) is 33.1. The van der Waals surface area contributed by atoms with Crippen molar-refractivity contribution < 1.29 is 24.1 Å². The lowest BCUT2D eigenvalue weighted by molar-refractivity contribution is -0.331. The molecule has 1 rings (SSSR count). The summed E-state index contributed by atoms with van der Waals surface area (Å²) < 4.78 is 5.11. The molecule has 120 valence electrons. The molecule has 5 nitrogen and oxygen atoms in total. The van der Waals surface area contributed by atoms with E-state index in [1.54, 1.807) is 37.3 Å². The minimum atomic E-state index is -0.927. The van der Waals surface area contributed by atoms with Crippen molar-refractivity contribution >= 4 is 11.9 Å². The fourth-order valence-electron chi connectivity index (χ4n) is 1.63. The van der Waals surface area contributed by atoms with Crippen LogP contribution in [0.25, 0.3) is 0 Å². The summed E-state index contributed by atoms with van der Waals surface area (Å²) in [7, 11) is 0. The van der Waals surface area contributed by atoms with Crippen LogP contribution in [0.1, 0.15) is 49.9 Å².